The average Bonchev–Trinajstić information content (AvgIpc) is 2.79. The molecule has 5 rings (SSSR count). The summed E-state index contributed by atoms with van der Waals surface area (Å²) in [6, 6.07) is 12.6. The molecule has 6 heteroatoms. The van der Waals surface area contributed by atoms with Crippen molar-refractivity contribution in [2.45, 2.75) is 38.8 Å². The van der Waals surface area contributed by atoms with E-state index in [2.05, 4.69) is 71.2 Å². The Morgan fingerprint density at radius 3 is 2.69 bits per heavy atom. The molecule has 0 radical (unpaired) electrons. The number of aromatic nitrogens is 2. The van der Waals surface area contributed by atoms with E-state index in [1.165, 1.54) is 0 Å². The first kappa shape index (κ1) is 20.7. The number of allylic oxidation sites excluding steroid dienone is 1. The van der Waals surface area contributed by atoms with Gasteiger partial charge in [-0.25, -0.2) is 4.98 Å². The Hall–Kier alpha value is -3.18. The van der Waals surface area contributed by atoms with Gasteiger partial charge in [-0.05, 0) is 69.2 Å². The fourth-order valence-corrected chi connectivity index (χ4v) is 4.32. The van der Waals surface area contributed by atoms with Crippen LogP contribution in [0.5, 0.6) is 0 Å². The lowest BCUT2D eigenvalue weighted by atomic mass is 10.1. The van der Waals surface area contributed by atoms with E-state index in [9.17, 15) is 0 Å². The second kappa shape index (κ2) is 8.75. The summed E-state index contributed by atoms with van der Waals surface area (Å²) in [5.41, 5.74) is 4.00. The van der Waals surface area contributed by atoms with Crippen LogP contribution in [0.3, 0.4) is 0 Å². The van der Waals surface area contributed by atoms with E-state index in [0.717, 1.165) is 56.7 Å². The zero-order chi connectivity index (χ0) is 22.1. The second-order valence-corrected chi connectivity index (χ2v) is 8.85. The van der Waals surface area contributed by atoms with Gasteiger partial charge in [0.2, 0.25) is 0 Å². The van der Waals surface area contributed by atoms with E-state index in [-0.39, 0.29) is 12.1 Å². The molecule has 0 spiro atoms. The van der Waals surface area contributed by atoms with E-state index in [4.69, 9.17) is 21.6 Å². The number of hydrogen-bond donors (Lipinski definition) is 1. The predicted octanol–water partition coefficient (Wildman–Crippen LogP) is 3.72. The molecule has 0 saturated carbocycles. The maximum absolute atomic E-state index is 6.18. The number of nitrogens with zero attached hydrogens (tertiary/aromatic N) is 4. The fourth-order valence-electron chi connectivity index (χ4n) is 4.19. The molecule has 1 atom stereocenters. The number of dihydropyridines is 1. The molecule has 0 amide bonds. The number of halogens is 1. The van der Waals surface area contributed by atoms with Gasteiger partial charge in [-0.1, -0.05) is 29.8 Å². The van der Waals surface area contributed by atoms with Crippen LogP contribution in [0.4, 0.5) is 5.69 Å². The summed E-state index contributed by atoms with van der Waals surface area (Å²) in [7, 11) is 0. The minimum Gasteiger partial charge on any atom is -0.375 e. The second-order valence-electron chi connectivity index (χ2n) is 8.41. The molecule has 1 N–H and O–H groups in total. The lowest BCUT2D eigenvalue weighted by Gasteiger charge is -2.22. The van der Waals surface area contributed by atoms with Crippen LogP contribution in [-0.2, 0) is 0 Å². The molecule has 0 bridgehead atoms. The molecular weight excluding hydrogens is 418 g/mol. The molecule has 2 aliphatic carbocycles. The number of nitrogens with one attached hydrogen (secondary N) is 1. The molecule has 2 heterocycles. The molecule has 0 aromatic heterocycles. The third kappa shape index (κ3) is 4.13. The Balaban J connectivity index is 1.79. The standard InChI is InChI=1S/C26H26ClN5/c1-17(2)29-23-15-26-24(14-22(23)30-19-6-5-13-28-16-19)31-21-7-3-4-8-25(21)32(26)20-11-9-18(27)10-12-20/h5-15,17,19,30H,3-4,16H2,1-2H3/b29-23+. The van der Waals surface area contributed by atoms with Gasteiger partial charge in [-0.3, -0.25) is 9.98 Å². The normalized spacial score (nSPS) is 17.9. The van der Waals surface area contributed by atoms with Gasteiger partial charge >= 0.3 is 0 Å². The first-order valence-corrected chi connectivity index (χ1v) is 11.5. The third-order valence-electron chi connectivity index (χ3n) is 5.58. The molecule has 1 aromatic carbocycles. The van der Waals surface area contributed by atoms with Gasteiger partial charge in [0, 0.05) is 23.0 Å². The molecule has 1 aromatic rings. The molecule has 5 nitrogen and oxygen atoms in total. The minimum atomic E-state index is 0.138. The summed E-state index contributed by atoms with van der Waals surface area (Å²) in [5, 5.41) is 7.40. The maximum Gasteiger partial charge on any atom is 0.0900 e. The molecule has 0 fully saturated rings. The highest BCUT2D eigenvalue weighted by molar-refractivity contribution is 6.30. The van der Waals surface area contributed by atoms with E-state index >= 15 is 0 Å². The van der Waals surface area contributed by atoms with Crippen LogP contribution in [0.15, 0.2) is 58.5 Å². The Labute approximate surface area is 192 Å². The molecule has 162 valence electrons. The first-order valence-electron chi connectivity index (χ1n) is 11.1. The molecule has 4 aliphatic rings. The number of hydrogen-bond acceptors (Lipinski definition) is 4. The zero-order valence-electron chi connectivity index (χ0n) is 18.3. The van der Waals surface area contributed by atoms with Crippen LogP contribution in [0.25, 0.3) is 29.2 Å². The first-order chi connectivity index (χ1) is 15.6. The van der Waals surface area contributed by atoms with E-state index < -0.39 is 0 Å². The van der Waals surface area contributed by atoms with Gasteiger partial charge in [0.1, 0.15) is 0 Å². The molecule has 32 heavy (non-hydrogen) atoms. The summed E-state index contributed by atoms with van der Waals surface area (Å²) in [5.74, 6) is 0. The van der Waals surface area contributed by atoms with Crippen molar-refractivity contribution in [2.75, 3.05) is 11.9 Å². The molecular formula is C26H26ClN5. The third-order valence-corrected chi connectivity index (χ3v) is 5.83. The van der Waals surface area contributed by atoms with Gasteiger partial charge in [-0.15, -0.1) is 0 Å². The number of anilines is 1. The van der Waals surface area contributed by atoms with E-state index in [1.54, 1.807) is 0 Å². The largest absolute Gasteiger partial charge is 0.375 e. The quantitative estimate of drug-likeness (QED) is 0.668. The van der Waals surface area contributed by atoms with Gasteiger partial charge in [0.15, 0.2) is 0 Å². The summed E-state index contributed by atoms with van der Waals surface area (Å²) >= 11 is 6.18. The van der Waals surface area contributed by atoms with Crippen LogP contribution >= 0.6 is 11.6 Å². The van der Waals surface area contributed by atoms with Crippen molar-refractivity contribution in [3.8, 4) is 17.1 Å². The van der Waals surface area contributed by atoms with Gasteiger partial charge < -0.3 is 9.88 Å². The highest BCUT2D eigenvalue weighted by Crippen LogP contribution is 2.23. The fraction of sp³-hybridized carbons (Fsp3) is 0.269. The number of rotatable bonds is 4. The Morgan fingerprint density at radius 2 is 1.94 bits per heavy atom. The van der Waals surface area contributed by atoms with Crippen molar-refractivity contribution in [1.82, 2.24) is 9.55 Å². The SMILES string of the molecule is CC(C)/N=c1\cc2n(-c3ccc(Cl)cc3)c3c(nc-2cc1NC1C=CC=NC1)=CCCC=3. The summed E-state index contributed by atoms with van der Waals surface area (Å²) < 4.78 is 2.28. The van der Waals surface area contributed by atoms with Crippen molar-refractivity contribution in [3.05, 3.63) is 69.6 Å². The monoisotopic (exact) mass is 443 g/mol. The van der Waals surface area contributed by atoms with Crippen LogP contribution in [0.1, 0.15) is 26.7 Å². The number of fused-ring (bicyclic) bond motifs is 2. The van der Waals surface area contributed by atoms with Crippen LogP contribution in [-0.4, -0.2) is 34.4 Å². The van der Waals surface area contributed by atoms with Crippen molar-refractivity contribution in [3.63, 3.8) is 0 Å². The van der Waals surface area contributed by atoms with Crippen molar-refractivity contribution < 1.29 is 0 Å². The van der Waals surface area contributed by atoms with Crippen LogP contribution in [0, 0.1) is 0 Å². The van der Waals surface area contributed by atoms with Crippen LogP contribution < -0.4 is 21.4 Å². The Bertz CT molecular complexity index is 1360. The maximum atomic E-state index is 6.18. The number of benzene rings is 2. The zero-order valence-corrected chi connectivity index (χ0v) is 19.0. The van der Waals surface area contributed by atoms with Gasteiger partial charge in [0.25, 0.3) is 0 Å². The molecule has 2 aliphatic heterocycles. The Kier molecular flexibility index (Phi) is 5.66. The Morgan fingerprint density at radius 1 is 1.12 bits per heavy atom. The average molecular weight is 444 g/mol. The van der Waals surface area contributed by atoms with Crippen LogP contribution in [0.2, 0.25) is 5.02 Å². The lowest BCUT2D eigenvalue weighted by Crippen LogP contribution is -2.40. The van der Waals surface area contributed by atoms with E-state index in [1.807, 2.05) is 24.4 Å². The van der Waals surface area contributed by atoms with Gasteiger partial charge in [0.05, 0.1) is 45.7 Å². The highest BCUT2D eigenvalue weighted by Gasteiger charge is 2.17. The predicted molar refractivity (Wildman–Crippen MR) is 133 cm³/mol. The van der Waals surface area contributed by atoms with E-state index in [0.29, 0.717) is 6.54 Å². The summed E-state index contributed by atoms with van der Waals surface area (Å²) in [6.45, 7) is 4.90. The number of aliphatic imine (C=N–C) groups is 1. The smallest absolute Gasteiger partial charge is 0.0900 e. The van der Waals surface area contributed by atoms with Crippen molar-refractivity contribution in [1.29, 1.82) is 0 Å². The highest BCUT2D eigenvalue weighted by atomic mass is 35.5. The molecule has 0 saturated heterocycles. The molecule has 1 unspecified atom stereocenters. The lowest BCUT2D eigenvalue weighted by molar-refractivity contribution is 0.800. The van der Waals surface area contributed by atoms with Crippen molar-refractivity contribution in [2.24, 2.45) is 9.98 Å². The summed E-state index contributed by atoms with van der Waals surface area (Å²) in [4.78, 5) is 14.3. The summed E-state index contributed by atoms with van der Waals surface area (Å²) in [6.07, 6.45) is 12.5. The van der Waals surface area contributed by atoms with Crippen molar-refractivity contribution >= 4 is 35.7 Å². The topological polar surface area (TPSA) is 54.6 Å². The minimum absolute atomic E-state index is 0.138. The van der Waals surface area contributed by atoms with Gasteiger partial charge in [-0.2, -0.15) is 0 Å².